The third kappa shape index (κ3) is 6.37. The van der Waals surface area contributed by atoms with Crippen LogP contribution in [0, 0.1) is 6.42 Å². The smallest absolute Gasteiger partial charge is 0.118 e. The molecular formula is C18H21O+. The normalized spacial score (nSPS) is 10.2. The summed E-state index contributed by atoms with van der Waals surface area (Å²) in [5.74, 6) is 0.910. The van der Waals surface area contributed by atoms with Crippen molar-refractivity contribution in [3.63, 3.8) is 0 Å². The average Bonchev–Trinajstić information content (AvgIpc) is 2.49. The van der Waals surface area contributed by atoms with Crippen molar-refractivity contribution < 1.29 is 4.74 Å². The van der Waals surface area contributed by atoms with Crippen LogP contribution >= 0.6 is 0 Å². The molecule has 1 heteroatoms. The van der Waals surface area contributed by atoms with E-state index in [0.717, 1.165) is 5.75 Å². The molecule has 0 fully saturated rings. The first-order valence-electron chi connectivity index (χ1n) is 6.38. The zero-order chi connectivity index (χ0) is 13.9. The summed E-state index contributed by atoms with van der Waals surface area (Å²) >= 11 is 0. The molecule has 0 bridgehead atoms. The molecule has 0 aromatic heterocycles. The lowest BCUT2D eigenvalue weighted by molar-refractivity contribution is 0.415. The van der Waals surface area contributed by atoms with Gasteiger partial charge in [-0.1, -0.05) is 18.2 Å². The summed E-state index contributed by atoms with van der Waals surface area (Å²) in [5, 5.41) is 0. The lowest BCUT2D eigenvalue weighted by Gasteiger charge is -1.93. The third-order valence-corrected chi connectivity index (χ3v) is 2.63. The molecule has 0 heterocycles. The highest BCUT2D eigenvalue weighted by Gasteiger charge is 1.98. The van der Waals surface area contributed by atoms with Crippen molar-refractivity contribution in [2.24, 2.45) is 0 Å². The van der Waals surface area contributed by atoms with Gasteiger partial charge in [-0.05, 0) is 50.3 Å². The maximum absolute atomic E-state index is 4.91. The van der Waals surface area contributed by atoms with E-state index < -0.39 is 0 Å². The van der Waals surface area contributed by atoms with E-state index >= 15 is 0 Å². The number of hydrogen-bond acceptors (Lipinski definition) is 1. The number of allylic oxidation sites excluding steroid dienone is 2. The van der Waals surface area contributed by atoms with Crippen molar-refractivity contribution in [3.8, 4) is 5.75 Å². The molecule has 0 radical (unpaired) electrons. The van der Waals surface area contributed by atoms with Crippen molar-refractivity contribution in [1.82, 2.24) is 0 Å². The Morgan fingerprint density at radius 2 is 1.47 bits per heavy atom. The number of methoxy groups -OCH3 is 1. The Morgan fingerprint density at radius 3 is 1.89 bits per heavy atom. The van der Waals surface area contributed by atoms with Crippen molar-refractivity contribution in [3.05, 3.63) is 84.3 Å². The number of benzene rings is 2. The van der Waals surface area contributed by atoms with Gasteiger partial charge in [-0.15, -0.1) is 0 Å². The molecule has 1 nitrogen and oxygen atoms in total. The molecule has 0 aliphatic carbocycles. The van der Waals surface area contributed by atoms with Gasteiger partial charge < -0.3 is 4.74 Å². The lowest BCUT2D eigenvalue weighted by Crippen LogP contribution is -1.80. The molecule has 2 aromatic rings. The molecule has 0 spiro atoms. The molecule has 0 aliphatic rings. The fourth-order valence-corrected chi connectivity index (χ4v) is 1.45. The van der Waals surface area contributed by atoms with Gasteiger partial charge in [0, 0.05) is 24.1 Å². The standard InChI is InChI=1S/C11H13.C7H8O/c1-3-10(2)9-11-7-5-4-6-8-11;1-8-7-5-3-2-4-6-7/h3-9H,1-2H3;2-6H,1H3/q+1;/b10-3+;. The van der Waals surface area contributed by atoms with Crippen LogP contribution in [0.2, 0.25) is 0 Å². The number of para-hydroxylation sites is 1. The Labute approximate surface area is 116 Å². The minimum Gasteiger partial charge on any atom is -0.497 e. The summed E-state index contributed by atoms with van der Waals surface area (Å²) in [6, 6.07) is 20.0. The van der Waals surface area contributed by atoms with Gasteiger partial charge in [-0.3, -0.25) is 0 Å². The summed E-state index contributed by atoms with van der Waals surface area (Å²) in [7, 11) is 1.66. The predicted octanol–water partition coefficient (Wildman–Crippen LogP) is 4.90. The highest BCUT2D eigenvalue weighted by Crippen LogP contribution is 2.08. The van der Waals surface area contributed by atoms with Gasteiger partial charge in [0.05, 0.1) is 12.7 Å². The van der Waals surface area contributed by atoms with Gasteiger partial charge in [0.1, 0.15) is 5.75 Å². The molecule has 0 saturated heterocycles. The Balaban J connectivity index is 0.000000200. The second kappa shape index (κ2) is 8.87. The zero-order valence-corrected chi connectivity index (χ0v) is 11.8. The van der Waals surface area contributed by atoms with Crippen molar-refractivity contribution in [2.45, 2.75) is 13.8 Å². The first-order valence-corrected chi connectivity index (χ1v) is 6.38. The predicted molar refractivity (Wildman–Crippen MR) is 82.3 cm³/mol. The largest absolute Gasteiger partial charge is 0.497 e. The van der Waals surface area contributed by atoms with E-state index in [-0.39, 0.29) is 0 Å². The van der Waals surface area contributed by atoms with E-state index in [2.05, 4.69) is 50.6 Å². The summed E-state index contributed by atoms with van der Waals surface area (Å²) in [5.41, 5.74) is 2.57. The summed E-state index contributed by atoms with van der Waals surface area (Å²) in [6.07, 6.45) is 4.27. The van der Waals surface area contributed by atoms with Crippen LogP contribution in [-0.2, 0) is 0 Å². The Bertz CT molecular complexity index is 472. The van der Waals surface area contributed by atoms with Crippen LogP contribution in [0.15, 0.2) is 72.3 Å². The van der Waals surface area contributed by atoms with E-state index in [1.165, 1.54) is 11.1 Å². The van der Waals surface area contributed by atoms with Gasteiger partial charge in [0.15, 0.2) is 0 Å². The van der Waals surface area contributed by atoms with Crippen LogP contribution < -0.4 is 4.74 Å². The van der Waals surface area contributed by atoms with E-state index in [0.29, 0.717) is 0 Å². The molecule has 0 N–H and O–H groups in total. The molecule has 0 saturated carbocycles. The van der Waals surface area contributed by atoms with Crippen LogP contribution in [0.3, 0.4) is 0 Å². The fourth-order valence-electron chi connectivity index (χ4n) is 1.45. The molecule has 0 atom stereocenters. The van der Waals surface area contributed by atoms with Crippen molar-refractivity contribution in [2.75, 3.05) is 7.11 Å². The maximum Gasteiger partial charge on any atom is 0.118 e. The second-order valence-corrected chi connectivity index (χ2v) is 4.10. The SMILES string of the molecule is C/C=C(\C)[CH+]c1ccccc1.COc1ccccc1. The topological polar surface area (TPSA) is 9.23 Å². The molecule has 0 unspecified atom stereocenters. The maximum atomic E-state index is 4.91. The Hall–Kier alpha value is -2.15. The minimum absolute atomic E-state index is 0.910. The zero-order valence-electron chi connectivity index (χ0n) is 11.8. The molecular weight excluding hydrogens is 232 g/mol. The highest BCUT2D eigenvalue weighted by atomic mass is 16.5. The van der Waals surface area contributed by atoms with Gasteiger partial charge in [-0.25, -0.2) is 0 Å². The Kier molecular flexibility index (Phi) is 6.96. The van der Waals surface area contributed by atoms with Gasteiger partial charge in [0.2, 0.25) is 0 Å². The van der Waals surface area contributed by atoms with Crippen LogP contribution in [-0.4, -0.2) is 7.11 Å². The molecule has 0 amide bonds. The first-order chi connectivity index (χ1) is 9.26. The monoisotopic (exact) mass is 253 g/mol. The van der Waals surface area contributed by atoms with Crippen LogP contribution in [0.1, 0.15) is 19.4 Å². The van der Waals surface area contributed by atoms with Gasteiger partial charge >= 0.3 is 0 Å². The molecule has 2 aromatic carbocycles. The summed E-state index contributed by atoms with van der Waals surface area (Å²) in [4.78, 5) is 0. The summed E-state index contributed by atoms with van der Waals surface area (Å²) < 4.78 is 4.91. The van der Waals surface area contributed by atoms with E-state index in [1.807, 2.05) is 36.4 Å². The minimum atomic E-state index is 0.910. The first kappa shape index (κ1) is 14.9. The van der Waals surface area contributed by atoms with Gasteiger partial charge in [0.25, 0.3) is 0 Å². The van der Waals surface area contributed by atoms with E-state index in [1.54, 1.807) is 7.11 Å². The molecule has 2 rings (SSSR count). The third-order valence-electron chi connectivity index (χ3n) is 2.63. The van der Waals surface area contributed by atoms with Gasteiger partial charge in [-0.2, -0.15) is 0 Å². The van der Waals surface area contributed by atoms with Crippen molar-refractivity contribution in [1.29, 1.82) is 0 Å². The highest BCUT2D eigenvalue weighted by molar-refractivity contribution is 5.31. The van der Waals surface area contributed by atoms with Crippen molar-refractivity contribution >= 4 is 0 Å². The van der Waals surface area contributed by atoms with E-state index in [9.17, 15) is 0 Å². The number of rotatable bonds is 3. The fraction of sp³-hybridized carbons (Fsp3) is 0.167. The van der Waals surface area contributed by atoms with Crippen LogP contribution in [0.25, 0.3) is 0 Å². The second-order valence-electron chi connectivity index (χ2n) is 4.10. The van der Waals surface area contributed by atoms with E-state index in [4.69, 9.17) is 4.74 Å². The molecule has 0 aliphatic heterocycles. The molecule has 98 valence electrons. The average molecular weight is 253 g/mol. The number of ether oxygens (including phenoxy) is 1. The van der Waals surface area contributed by atoms with Crippen LogP contribution in [0.4, 0.5) is 0 Å². The molecule has 19 heavy (non-hydrogen) atoms. The van der Waals surface area contributed by atoms with Crippen LogP contribution in [0.5, 0.6) is 5.75 Å². The summed E-state index contributed by atoms with van der Waals surface area (Å²) in [6.45, 7) is 4.15. The Morgan fingerprint density at radius 1 is 0.947 bits per heavy atom. The quantitative estimate of drug-likeness (QED) is 0.707. The lowest BCUT2D eigenvalue weighted by atomic mass is 10.1. The number of hydrogen-bond donors (Lipinski definition) is 0.